The fourth-order valence-electron chi connectivity index (χ4n) is 1.15. The summed E-state index contributed by atoms with van der Waals surface area (Å²) in [5, 5.41) is 0.887. The summed E-state index contributed by atoms with van der Waals surface area (Å²) in [6.07, 6.45) is 3.95. The van der Waals surface area contributed by atoms with E-state index < -0.39 is 0 Å². The highest BCUT2D eigenvalue weighted by molar-refractivity contribution is 8.05. The van der Waals surface area contributed by atoms with Crippen molar-refractivity contribution in [2.45, 2.75) is 45.3 Å². The second kappa shape index (κ2) is 13.1. The fraction of sp³-hybridized carbons (Fsp3) is 1.00. The Morgan fingerprint density at radius 1 is 0.733 bits per heavy atom. The Hall–Kier alpha value is 1.05. The second-order valence-electron chi connectivity index (χ2n) is 3.64. The Morgan fingerprint density at radius 3 is 1.60 bits per heavy atom. The van der Waals surface area contributed by atoms with E-state index in [9.17, 15) is 0 Å². The first-order valence-corrected chi connectivity index (χ1v) is 9.48. The van der Waals surface area contributed by atoms with Crippen molar-refractivity contribution in [3.05, 3.63) is 0 Å². The van der Waals surface area contributed by atoms with Crippen molar-refractivity contribution in [2.24, 2.45) is 0 Å². The molecule has 0 nitrogen and oxygen atoms in total. The van der Waals surface area contributed by atoms with Crippen LogP contribution in [-0.4, -0.2) is 34.0 Å². The third-order valence-corrected chi connectivity index (χ3v) is 6.40. The lowest BCUT2D eigenvalue weighted by molar-refractivity contribution is 1.06. The van der Waals surface area contributed by atoms with E-state index in [0.29, 0.717) is 0 Å². The Kier molecular flexibility index (Phi) is 14.0. The van der Waals surface area contributed by atoms with Gasteiger partial charge in [0.05, 0.1) is 0 Å². The van der Waals surface area contributed by atoms with Gasteiger partial charge in [-0.05, 0) is 36.5 Å². The van der Waals surface area contributed by atoms with E-state index in [0.717, 1.165) is 5.25 Å². The van der Waals surface area contributed by atoms with Crippen LogP contribution < -0.4 is 0 Å². The number of thioether (sulfide) groups is 3. The minimum atomic E-state index is 0.887. The molecule has 0 rings (SSSR count). The van der Waals surface area contributed by atoms with Gasteiger partial charge in [-0.3, -0.25) is 0 Å². The van der Waals surface area contributed by atoms with Crippen LogP contribution in [0.25, 0.3) is 0 Å². The summed E-state index contributed by atoms with van der Waals surface area (Å²) in [4.78, 5) is 0. The molecular formula is C12H26S3. The molecule has 0 unspecified atom stereocenters. The summed E-state index contributed by atoms with van der Waals surface area (Å²) in [5.41, 5.74) is 0. The van der Waals surface area contributed by atoms with Crippen molar-refractivity contribution in [1.82, 2.24) is 0 Å². The van der Waals surface area contributed by atoms with Crippen molar-refractivity contribution in [2.75, 3.05) is 28.8 Å². The molecule has 0 bridgehead atoms. The molecule has 0 radical (unpaired) electrons. The molecule has 15 heavy (non-hydrogen) atoms. The molecule has 0 fully saturated rings. The van der Waals surface area contributed by atoms with Gasteiger partial charge in [0.15, 0.2) is 0 Å². The first-order valence-electron chi connectivity index (χ1n) is 6.12. The fourth-order valence-corrected chi connectivity index (χ4v) is 4.88. The lowest BCUT2D eigenvalue weighted by Gasteiger charge is -2.15. The maximum absolute atomic E-state index is 2.28. The largest absolute Gasteiger partial charge is 0.161 e. The molecule has 0 spiro atoms. The zero-order chi connectivity index (χ0) is 11.4. The van der Waals surface area contributed by atoms with Gasteiger partial charge < -0.3 is 0 Å². The summed E-state index contributed by atoms with van der Waals surface area (Å²) < 4.78 is 0. The van der Waals surface area contributed by atoms with Crippen molar-refractivity contribution in [1.29, 1.82) is 0 Å². The third kappa shape index (κ3) is 11.3. The molecule has 0 atom stereocenters. The lowest BCUT2D eigenvalue weighted by Crippen LogP contribution is -2.11. The van der Waals surface area contributed by atoms with Gasteiger partial charge in [0.2, 0.25) is 0 Å². The predicted octanol–water partition coefficient (Wildman–Crippen LogP) is 4.78. The van der Waals surface area contributed by atoms with Crippen molar-refractivity contribution >= 4 is 35.3 Å². The average Bonchev–Trinajstić information content (AvgIpc) is 2.25. The van der Waals surface area contributed by atoms with Crippen LogP contribution in [0.15, 0.2) is 0 Å². The van der Waals surface area contributed by atoms with Crippen molar-refractivity contribution in [3.8, 4) is 0 Å². The van der Waals surface area contributed by atoms with E-state index in [1.165, 1.54) is 48.0 Å². The summed E-state index contributed by atoms with van der Waals surface area (Å²) in [7, 11) is 0. The molecule has 0 aliphatic heterocycles. The van der Waals surface area contributed by atoms with Crippen LogP contribution in [0, 0.1) is 0 Å². The molecule has 0 amide bonds. The first-order chi connectivity index (χ1) is 7.35. The molecule has 0 aromatic heterocycles. The van der Waals surface area contributed by atoms with E-state index in [1.54, 1.807) is 0 Å². The molecule has 0 aromatic carbocycles. The predicted molar refractivity (Wildman–Crippen MR) is 81.8 cm³/mol. The SMILES string of the molecule is CCCSCC(CSCCC)SCCC. The van der Waals surface area contributed by atoms with Crippen LogP contribution in [0.5, 0.6) is 0 Å². The quantitative estimate of drug-likeness (QED) is 0.494. The molecule has 3 heteroatoms. The summed E-state index contributed by atoms with van der Waals surface area (Å²) >= 11 is 6.45. The molecule has 0 saturated carbocycles. The van der Waals surface area contributed by atoms with Gasteiger partial charge >= 0.3 is 0 Å². The lowest BCUT2D eigenvalue weighted by atomic mass is 10.5. The molecule has 0 saturated heterocycles. The standard InChI is InChI=1S/C12H26S3/c1-4-7-13-10-12(15-9-6-3)11-14-8-5-2/h12H,4-11H2,1-3H3. The Bertz CT molecular complexity index is 107. The molecule has 0 aliphatic carbocycles. The monoisotopic (exact) mass is 266 g/mol. The minimum Gasteiger partial charge on any atom is -0.161 e. The number of hydrogen-bond acceptors (Lipinski definition) is 3. The van der Waals surface area contributed by atoms with E-state index in [4.69, 9.17) is 0 Å². The van der Waals surface area contributed by atoms with Crippen LogP contribution in [-0.2, 0) is 0 Å². The summed E-state index contributed by atoms with van der Waals surface area (Å²) in [6.45, 7) is 6.82. The van der Waals surface area contributed by atoms with Crippen LogP contribution in [0.4, 0.5) is 0 Å². The van der Waals surface area contributed by atoms with Gasteiger partial charge in [0, 0.05) is 16.8 Å². The van der Waals surface area contributed by atoms with Gasteiger partial charge in [-0.25, -0.2) is 0 Å². The van der Waals surface area contributed by atoms with Crippen LogP contribution in [0.1, 0.15) is 40.0 Å². The molecular weight excluding hydrogens is 240 g/mol. The van der Waals surface area contributed by atoms with Crippen molar-refractivity contribution in [3.63, 3.8) is 0 Å². The highest BCUT2D eigenvalue weighted by Gasteiger charge is 2.08. The van der Waals surface area contributed by atoms with E-state index >= 15 is 0 Å². The van der Waals surface area contributed by atoms with Gasteiger partial charge in [-0.15, -0.1) is 0 Å². The van der Waals surface area contributed by atoms with E-state index in [1.807, 2.05) is 0 Å². The van der Waals surface area contributed by atoms with Gasteiger partial charge in [-0.1, -0.05) is 20.8 Å². The Labute approximate surface area is 109 Å². The van der Waals surface area contributed by atoms with Gasteiger partial charge in [-0.2, -0.15) is 35.3 Å². The second-order valence-corrected chi connectivity index (χ2v) is 7.35. The maximum Gasteiger partial charge on any atom is 0.0228 e. The topological polar surface area (TPSA) is 0 Å². The van der Waals surface area contributed by atoms with Crippen LogP contribution in [0.3, 0.4) is 0 Å². The molecule has 0 aromatic rings. The Morgan fingerprint density at radius 2 is 1.20 bits per heavy atom. The molecule has 92 valence electrons. The normalized spacial score (nSPS) is 11.2. The zero-order valence-electron chi connectivity index (χ0n) is 10.5. The van der Waals surface area contributed by atoms with Gasteiger partial charge in [0.25, 0.3) is 0 Å². The molecule has 0 heterocycles. The summed E-state index contributed by atoms with van der Waals surface area (Å²) in [6, 6.07) is 0. The summed E-state index contributed by atoms with van der Waals surface area (Å²) in [5.74, 6) is 6.72. The first kappa shape index (κ1) is 16.1. The third-order valence-electron chi connectivity index (χ3n) is 1.86. The highest BCUT2D eigenvalue weighted by Crippen LogP contribution is 2.22. The highest BCUT2D eigenvalue weighted by atomic mass is 32.2. The maximum atomic E-state index is 2.28. The van der Waals surface area contributed by atoms with Crippen LogP contribution >= 0.6 is 35.3 Å². The average molecular weight is 267 g/mol. The minimum absolute atomic E-state index is 0.887. The molecule has 0 aliphatic rings. The Balaban J connectivity index is 3.53. The number of hydrogen-bond donors (Lipinski definition) is 0. The smallest absolute Gasteiger partial charge is 0.0228 e. The number of rotatable bonds is 11. The zero-order valence-corrected chi connectivity index (χ0v) is 12.9. The van der Waals surface area contributed by atoms with Gasteiger partial charge in [0.1, 0.15) is 0 Å². The van der Waals surface area contributed by atoms with Crippen molar-refractivity contribution < 1.29 is 0 Å². The van der Waals surface area contributed by atoms with Crippen LogP contribution in [0.2, 0.25) is 0 Å². The van der Waals surface area contributed by atoms with E-state index in [2.05, 4.69) is 56.1 Å². The van der Waals surface area contributed by atoms with E-state index in [-0.39, 0.29) is 0 Å². The molecule has 0 N–H and O–H groups in total.